The van der Waals surface area contributed by atoms with Crippen molar-refractivity contribution in [2.45, 2.75) is 0 Å². The van der Waals surface area contributed by atoms with Crippen molar-refractivity contribution in [1.29, 1.82) is 0 Å². The predicted octanol–water partition coefficient (Wildman–Crippen LogP) is 2.50. The molecule has 0 spiro atoms. The summed E-state index contributed by atoms with van der Waals surface area (Å²) in [6, 6.07) is 0.974. The third-order valence-corrected chi connectivity index (χ3v) is 1.50. The monoisotopic (exact) mass is 220 g/mol. The molecule has 0 saturated heterocycles. The number of aliphatic carboxylic acids is 1. The van der Waals surface area contributed by atoms with E-state index in [1.807, 2.05) is 0 Å². The van der Waals surface area contributed by atoms with Crippen LogP contribution in [0.5, 0.6) is 0 Å². The smallest absolute Gasteiger partial charge is 0.364 e. The summed E-state index contributed by atoms with van der Waals surface area (Å²) in [5.74, 6) is -8.19. The number of benzene rings is 1. The van der Waals surface area contributed by atoms with Crippen LogP contribution in [0.15, 0.2) is 18.0 Å². The SMILES string of the molecule is O=C(O)/C(F)=C/c1cc(F)c(F)c(F)c1. The van der Waals surface area contributed by atoms with Crippen molar-refractivity contribution >= 4 is 12.0 Å². The molecular formula is C9H4F4O2. The summed E-state index contributed by atoms with van der Waals surface area (Å²) in [7, 11) is 0. The molecule has 0 heterocycles. The normalized spacial score (nSPS) is 11.6. The third-order valence-electron chi connectivity index (χ3n) is 1.50. The second kappa shape index (κ2) is 4.12. The van der Waals surface area contributed by atoms with Crippen LogP contribution >= 0.6 is 0 Å². The van der Waals surface area contributed by atoms with Crippen molar-refractivity contribution in [2.75, 3.05) is 0 Å². The summed E-state index contributed by atoms with van der Waals surface area (Å²) in [5.41, 5.74) is -0.411. The Balaban J connectivity index is 3.18. The fourth-order valence-electron chi connectivity index (χ4n) is 0.867. The number of carboxylic acids is 1. The molecule has 1 rings (SSSR count). The lowest BCUT2D eigenvalue weighted by Gasteiger charge is -1.98. The first-order valence-corrected chi connectivity index (χ1v) is 3.67. The molecule has 6 heteroatoms. The Labute approximate surface area is 81.5 Å². The molecule has 0 amide bonds. The van der Waals surface area contributed by atoms with E-state index in [4.69, 9.17) is 5.11 Å². The highest BCUT2D eigenvalue weighted by atomic mass is 19.2. The molecule has 0 fully saturated rings. The van der Waals surface area contributed by atoms with Gasteiger partial charge in [0, 0.05) is 0 Å². The minimum absolute atomic E-state index is 0.383. The summed E-state index contributed by atoms with van der Waals surface area (Å²) in [4.78, 5) is 10.0. The fourth-order valence-corrected chi connectivity index (χ4v) is 0.867. The molecule has 1 N–H and O–H groups in total. The number of halogens is 4. The van der Waals surface area contributed by atoms with Crippen LogP contribution in [0.1, 0.15) is 5.56 Å². The Morgan fingerprint density at radius 2 is 1.67 bits per heavy atom. The van der Waals surface area contributed by atoms with Gasteiger partial charge in [-0.25, -0.2) is 18.0 Å². The van der Waals surface area contributed by atoms with E-state index >= 15 is 0 Å². The highest BCUT2D eigenvalue weighted by Gasteiger charge is 2.11. The van der Waals surface area contributed by atoms with Crippen LogP contribution in [0.25, 0.3) is 6.08 Å². The minimum Gasteiger partial charge on any atom is -0.476 e. The average molecular weight is 220 g/mol. The summed E-state index contributed by atoms with van der Waals surface area (Å²) in [6.45, 7) is 0. The fraction of sp³-hybridized carbons (Fsp3) is 0. The van der Waals surface area contributed by atoms with Crippen molar-refractivity contribution in [1.82, 2.24) is 0 Å². The Kier molecular flexibility index (Phi) is 3.08. The van der Waals surface area contributed by atoms with Gasteiger partial charge in [0.25, 0.3) is 0 Å². The van der Waals surface area contributed by atoms with Crippen LogP contribution < -0.4 is 0 Å². The molecule has 0 unspecified atom stereocenters. The number of rotatable bonds is 2. The van der Waals surface area contributed by atoms with Crippen LogP contribution in [-0.4, -0.2) is 11.1 Å². The van der Waals surface area contributed by atoms with Crippen molar-refractivity contribution in [3.8, 4) is 0 Å². The van der Waals surface area contributed by atoms with Crippen LogP contribution in [0.3, 0.4) is 0 Å². The van der Waals surface area contributed by atoms with Crippen LogP contribution in [-0.2, 0) is 4.79 Å². The molecule has 80 valence electrons. The maximum atomic E-state index is 12.6. The molecular weight excluding hydrogens is 216 g/mol. The van der Waals surface area contributed by atoms with Gasteiger partial charge in [0.1, 0.15) is 0 Å². The molecule has 1 aromatic rings. The number of carboxylic acid groups (broad SMARTS) is 1. The second-order valence-corrected chi connectivity index (χ2v) is 2.60. The maximum absolute atomic E-state index is 12.6. The molecule has 0 aliphatic rings. The topological polar surface area (TPSA) is 37.3 Å². The van der Waals surface area contributed by atoms with E-state index in [-0.39, 0.29) is 0 Å². The van der Waals surface area contributed by atoms with Crippen LogP contribution in [0.4, 0.5) is 17.6 Å². The first-order valence-electron chi connectivity index (χ1n) is 3.67. The first-order chi connectivity index (χ1) is 6.91. The highest BCUT2D eigenvalue weighted by molar-refractivity contribution is 5.89. The maximum Gasteiger partial charge on any atom is 0.364 e. The van der Waals surface area contributed by atoms with Gasteiger partial charge in [-0.2, -0.15) is 4.39 Å². The van der Waals surface area contributed by atoms with Gasteiger partial charge in [0.2, 0.25) is 5.83 Å². The van der Waals surface area contributed by atoms with E-state index in [0.717, 1.165) is 0 Å². The van der Waals surface area contributed by atoms with Gasteiger partial charge >= 0.3 is 5.97 Å². The van der Waals surface area contributed by atoms with Crippen LogP contribution in [0, 0.1) is 17.5 Å². The lowest BCUT2D eigenvalue weighted by molar-refractivity contribution is -0.134. The molecule has 0 aliphatic heterocycles. The van der Waals surface area contributed by atoms with Crippen LogP contribution in [0.2, 0.25) is 0 Å². The largest absolute Gasteiger partial charge is 0.476 e. The summed E-state index contributed by atoms with van der Waals surface area (Å²) in [6.07, 6.45) is 0.383. The summed E-state index contributed by atoms with van der Waals surface area (Å²) >= 11 is 0. The Morgan fingerprint density at radius 1 is 1.20 bits per heavy atom. The molecule has 0 aromatic heterocycles. The van der Waals surface area contributed by atoms with Gasteiger partial charge in [0.15, 0.2) is 17.5 Å². The van der Waals surface area contributed by atoms with Gasteiger partial charge in [-0.15, -0.1) is 0 Å². The first kappa shape index (κ1) is 11.2. The zero-order chi connectivity index (χ0) is 11.6. The van der Waals surface area contributed by atoms with Crippen molar-refractivity contribution in [2.24, 2.45) is 0 Å². The number of carbonyl (C=O) groups is 1. The highest BCUT2D eigenvalue weighted by Crippen LogP contribution is 2.16. The Bertz CT molecular complexity index is 417. The lowest BCUT2D eigenvalue weighted by atomic mass is 10.2. The molecule has 0 radical (unpaired) electrons. The zero-order valence-electron chi connectivity index (χ0n) is 7.10. The van der Waals surface area contributed by atoms with Crippen molar-refractivity contribution in [3.05, 3.63) is 41.0 Å². The summed E-state index contributed by atoms with van der Waals surface area (Å²) < 4.78 is 50.1. The number of hydrogen-bond acceptors (Lipinski definition) is 1. The molecule has 15 heavy (non-hydrogen) atoms. The van der Waals surface area contributed by atoms with Gasteiger partial charge in [-0.1, -0.05) is 0 Å². The quantitative estimate of drug-likeness (QED) is 0.472. The van der Waals surface area contributed by atoms with E-state index in [9.17, 15) is 22.4 Å². The Morgan fingerprint density at radius 3 is 2.07 bits per heavy atom. The van der Waals surface area contributed by atoms with Gasteiger partial charge < -0.3 is 5.11 Å². The average Bonchev–Trinajstić information content (AvgIpc) is 2.13. The molecule has 0 aliphatic carbocycles. The van der Waals surface area contributed by atoms with Gasteiger partial charge in [-0.05, 0) is 23.8 Å². The zero-order valence-corrected chi connectivity index (χ0v) is 7.10. The van der Waals surface area contributed by atoms with Gasteiger partial charge in [-0.3, -0.25) is 0 Å². The molecule has 0 bridgehead atoms. The molecule has 2 nitrogen and oxygen atoms in total. The second-order valence-electron chi connectivity index (χ2n) is 2.60. The molecule has 0 saturated carbocycles. The van der Waals surface area contributed by atoms with E-state index < -0.39 is 34.8 Å². The van der Waals surface area contributed by atoms with Crippen molar-refractivity contribution in [3.63, 3.8) is 0 Å². The summed E-state index contributed by atoms with van der Waals surface area (Å²) in [5, 5.41) is 8.13. The molecule has 1 aromatic carbocycles. The predicted molar refractivity (Wildman–Crippen MR) is 43.0 cm³/mol. The van der Waals surface area contributed by atoms with E-state index in [0.29, 0.717) is 18.2 Å². The van der Waals surface area contributed by atoms with E-state index in [2.05, 4.69) is 0 Å². The Hall–Kier alpha value is -1.85. The van der Waals surface area contributed by atoms with Gasteiger partial charge in [0.05, 0.1) is 0 Å². The lowest BCUT2D eigenvalue weighted by Crippen LogP contribution is -1.96. The third kappa shape index (κ3) is 2.55. The van der Waals surface area contributed by atoms with Crippen molar-refractivity contribution < 1.29 is 27.5 Å². The minimum atomic E-state index is -1.87. The standard InChI is InChI=1S/C9H4F4O2/c10-5-1-4(2-6(11)8(5)13)3-7(12)9(14)15/h1-3H,(H,14,15)/b7-3-. The number of hydrogen-bond donors (Lipinski definition) is 1. The van der Waals surface area contributed by atoms with E-state index in [1.165, 1.54) is 0 Å². The van der Waals surface area contributed by atoms with E-state index in [1.54, 1.807) is 0 Å². The molecule has 0 atom stereocenters.